The van der Waals surface area contributed by atoms with Gasteiger partial charge < -0.3 is 4.74 Å². The van der Waals surface area contributed by atoms with Gasteiger partial charge in [-0.2, -0.15) is 0 Å². The molecule has 1 heteroatoms. The Labute approximate surface area is 149 Å². The number of hydrogen-bond acceptors (Lipinski definition) is 1. The molecule has 0 aromatic carbocycles. The van der Waals surface area contributed by atoms with Crippen LogP contribution in [0.4, 0.5) is 0 Å². The van der Waals surface area contributed by atoms with Crippen molar-refractivity contribution in [2.24, 2.45) is 40.4 Å². The molecule has 4 fully saturated rings. The van der Waals surface area contributed by atoms with Gasteiger partial charge in [0.25, 0.3) is 0 Å². The molecule has 24 heavy (non-hydrogen) atoms. The maximum atomic E-state index is 5.92. The minimum absolute atomic E-state index is 0.458. The second kappa shape index (κ2) is 6.05. The molecule has 0 saturated heterocycles. The second-order valence-corrected chi connectivity index (χ2v) is 10.1. The quantitative estimate of drug-likeness (QED) is 0.592. The predicted octanol–water partition coefficient (Wildman–Crippen LogP) is 5.68. The van der Waals surface area contributed by atoms with Crippen LogP contribution in [0.25, 0.3) is 0 Å². The van der Waals surface area contributed by atoms with E-state index in [0.29, 0.717) is 16.9 Å². The lowest BCUT2D eigenvalue weighted by atomic mass is 9.44. The first kappa shape index (κ1) is 17.0. The van der Waals surface area contributed by atoms with Gasteiger partial charge in [0.05, 0.1) is 6.10 Å². The third-order valence-electron chi connectivity index (χ3n) is 9.38. The fourth-order valence-electron chi connectivity index (χ4n) is 8.04. The third kappa shape index (κ3) is 2.32. The molecule has 0 bridgehead atoms. The van der Waals surface area contributed by atoms with Gasteiger partial charge in [-0.25, -0.2) is 0 Å². The first-order valence-corrected chi connectivity index (χ1v) is 10.5. The zero-order valence-electron chi connectivity index (χ0n) is 16.0. The molecule has 0 aliphatic heterocycles. The van der Waals surface area contributed by atoms with Crippen LogP contribution >= 0.6 is 0 Å². The Hall–Kier alpha value is -0.480. The molecule has 0 amide bonds. The van der Waals surface area contributed by atoms with E-state index >= 15 is 0 Å². The van der Waals surface area contributed by atoms with Crippen molar-refractivity contribution in [3.63, 3.8) is 0 Å². The maximum absolute atomic E-state index is 5.92. The molecule has 0 heterocycles. The molecule has 8 atom stereocenters. The third-order valence-corrected chi connectivity index (χ3v) is 9.38. The predicted molar refractivity (Wildman–Crippen MR) is 99.5 cm³/mol. The summed E-state index contributed by atoms with van der Waals surface area (Å²) in [6.07, 6.45) is 19.8. The van der Waals surface area contributed by atoms with E-state index in [9.17, 15) is 0 Å². The minimum atomic E-state index is 0.458. The molecular formula is C23H36O. The van der Waals surface area contributed by atoms with Crippen LogP contribution in [0.5, 0.6) is 0 Å². The molecule has 0 N–H and O–H groups in total. The molecule has 0 spiro atoms. The highest BCUT2D eigenvalue weighted by Crippen LogP contribution is 2.66. The first-order valence-electron chi connectivity index (χ1n) is 10.5. The summed E-state index contributed by atoms with van der Waals surface area (Å²) < 4.78 is 5.92. The molecule has 4 aliphatic carbocycles. The van der Waals surface area contributed by atoms with Crippen molar-refractivity contribution in [1.82, 2.24) is 0 Å². The van der Waals surface area contributed by atoms with Crippen LogP contribution < -0.4 is 0 Å². The van der Waals surface area contributed by atoms with Gasteiger partial charge in [-0.05, 0) is 98.2 Å². The lowest BCUT2D eigenvalue weighted by Crippen LogP contribution is -2.54. The summed E-state index contributed by atoms with van der Waals surface area (Å²) >= 11 is 0. The molecule has 0 aromatic heterocycles. The Bertz CT molecular complexity index is 519. The largest absolute Gasteiger partial charge is 0.381 e. The van der Waals surface area contributed by atoms with E-state index < -0.39 is 0 Å². The van der Waals surface area contributed by atoms with Gasteiger partial charge in [0.1, 0.15) is 0 Å². The van der Waals surface area contributed by atoms with Crippen LogP contribution in [0.2, 0.25) is 0 Å². The smallest absolute Gasteiger partial charge is 0.0627 e. The molecule has 0 aromatic rings. The fourth-order valence-corrected chi connectivity index (χ4v) is 8.04. The molecule has 4 saturated carbocycles. The van der Waals surface area contributed by atoms with Gasteiger partial charge >= 0.3 is 0 Å². The van der Waals surface area contributed by atoms with Crippen molar-refractivity contribution in [3.8, 4) is 12.3 Å². The highest BCUT2D eigenvalue weighted by atomic mass is 16.5. The van der Waals surface area contributed by atoms with E-state index in [1.165, 1.54) is 57.8 Å². The maximum Gasteiger partial charge on any atom is 0.0627 e. The summed E-state index contributed by atoms with van der Waals surface area (Å²) in [5.74, 6) is 7.54. The van der Waals surface area contributed by atoms with Gasteiger partial charge in [0, 0.05) is 13.5 Å². The van der Waals surface area contributed by atoms with Crippen molar-refractivity contribution >= 4 is 0 Å². The number of terminal acetylenes is 1. The normalized spacial score (nSPS) is 53.6. The first-order chi connectivity index (χ1) is 11.5. The molecular weight excluding hydrogens is 292 g/mol. The zero-order valence-corrected chi connectivity index (χ0v) is 16.0. The van der Waals surface area contributed by atoms with Gasteiger partial charge in [-0.15, -0.1) is 12.3 Å². The van der Waals surface area contributed by atoms with Crippen LogP contribution in [0.3, 0.4) is 0 Å². The van der Waals surface area contributed by atoms with E-state index in [-0.39, 0.29) is 0 Å². The Morgan fingerprint density at radius 3 is 2.46 bits per heavy atom. The Morgan fingerprint density at radius 2 is 1.71 bits per heavy atom. The van der Waals surface area contributed by atoms with Crippen LogP contribution in [-0.4, -0.2) is 13.2 Å². The van der Waals surface area contributed by atoms with Crippen molar-refractivity contribution in [2.45, 2.75) is 84.2 Å². The van der Waals surface area contributed by atoms with Gasteiger partial charge in [-0.1, -0.05) is 13.8 Å². The second-order valence-electron chi connectivity index (χ2n) is 10.1. The van der Waals surface area contributed by atoms with Crippen LogP contribution in [0.1, 0.15) is 78.1 Å². The lowest BCUT2D eigenvalue weighted by molar-refractivity contribution is -0.130. The minimum Gasteiger partial charge on any atom is -0.381 e. The number of fused-ring (bicyclic) bond motifs is 5. The molecule has 4 rings (SSSR count). The SMILES string of the molecule is C#CC[C@H]1CC[C@@]2(C)[C@H](CC[C@@H]3[C@@H]2CC[C@]2(C)[C@@H](OC)CC[C@@H]32)C1. The van der Waals surface area contributed by atoms with Crippen LogP contribution in [0.15, 0.2) is 0 Å². The molecule has 134 valence electrons. The van der Waals surface area contributed by atoms with E-state index in [4.69, 9.17) is 11.2 Å². The number of methoxy groups -OCH3 is 1. The monoisotopic (exact) mass is 328 g/mol. The lowest BCUT2D eigenvalue weighted by Gasteiger charge is -2.61. The van der Waals surface area contributed by atoms with Gasteiger partial charge in [-0.3, -0.25) is 0 Å². The number of hydrogen-bond donors (Lipinski definition) is 0. The Morgan fingerprint density at radius 1 is 0.958 bits per heavy atom. The summed E-state index contributed by atoms with van der Waals surface area (Å²) in [5, 5.41) is 0. The van der Waals surface area contributed by atoms with E-state index in [1.807, 2.05) is 7.11 Å². The van der Waals surface area contributed by atoms with Crippen molar-refractivity contribution < 1.29 is 4.74 Å². The standard InChI is InChI=1S/C23H36O/c1-5-6-16-11-13-22(2)17(15-16)7-8-18-19-9-10-21(24-4)23(19,3)14-12-20(18)22/h1,16-21H,6-15H2,2-4H3/t16-,17+,18-,19-,20-,21-,22-,23-/m0/s1. The van der Waals surface area contributed by atoms with E-state index in [0.717, 1.165) is 36.0 Å². The zero-order chi connectivity index (χ0) is 16.9. The summed E-state index contributed by atoms with van der Waals surface area (Å²) in [6.45, 7) is 5.21. The van der Waals surface area contributed by atoms with E-state index in [2.05, 4.69) is 19.8 Å². The topological polar surface area (TPSA) is 9.23 Å². The molecule has 4 aliphatic rings. The number of rotatable bonds is 2. The van der Waals surface area contributed by atoms with Crippen molar-refractivity contribution in [1.29, 1.82) is 0 Å². The van der Waals surface area contributed by atoms with Gasteiger partial charge in [0.15, 0.2) is 0 Å². The summed E-state index contributed by atoms with van der Waals surface area (Å²) in [7, 11) is 1.94. The van der Waals surface area contributed by atoms with Crippen LogP contribution in [0, 0.1) is 52.8 Å². The van der Waals surface area contributed by atoms with Crippen molar-refractivity contribution in [3.05, 3.63) is 0 Å². The highest BCUT2D eigenvalue weighted by Gasteiger charge is 2.60. The Balaban J connectivity index is 1.55. The average molecular weight is 329 g/mol. The summed E-state index contributed by atoms with van der Waals surface area (Å²) in [5.41, 5.74) is 1.06. The molecule has 0 unspecified atom stereocenters. The summed E-state index contributed by atoms with van der Waals surface area (Å²) in [4.78, 5) is 0. The highest BCUT2D eigenvalue weighted by molar-refractivity contribution is 5.10. The van der Waals surface area contributed by atoms with Crippen LogP contribution in [-0.2, 0) is 4.74 Å². The van der Waals surface area contributed by atoms with Crippen molar-refractivity contribution in [2.75, 3.05) is 7.11 Å². The van der Waals surface area contributed by atoms with E-state index in [1.54, 1.807) is 0 Å². The molecule has 0 radical (unpaired) electrons. The fraction of sp³-hybridized carbons (Fsp3) is 0.913. The van der Waals surface area contributed by atoms with Gasteiger partial charge in [0.2, 0.25) is 0 Å². The molecule has 1 nitrogen and oxygen atoms in total. The Kier molecular flexibility index (Phi) is 4.28. The summed E-state index contributed by atoms with van der Waals surface area (Å²) in [6, 6.07) is 0. The average Bonchev–Trinajstić information content (AvgIpc) is 2.92. The number of ether oxygens (including phenoxy) is 1.